The van der Waals surface area contributed by atoms with Crippen LogP contribution >= 0.6 is 15.9 Å². The van der Waals surface area contributed by atoms with E-state index >= 15 is 0 Å². The number of rotatable bonds is 5. The Morgan fingerprint density at radius 2 is 1.85 bits per heavy atom. The molecule has 0 radical (unpaired) electrons. The molecule has 3 nitrogen and oxygen atoms in total. The molecule has 20 heavy (non-hydrogen) atoms. The molecule has 0 aliphatic heterocycles. The summed E-state index contributed by atoms with van der Waals surface area (Å²) in [6.45, 7) is 6.30. The van der Waals surface area contributed by atoms with Crippen molar-refractivity contribution < 1.29 is 4.74 Å². The van der Waals surface area contributed by atoms with Gasteiger partial charge in [0, 0.05) is 12.0 Å². The lowest BCUT2D eigenvalue weighted by molar-refractivity contribution is 0.456. The molecule has 0 spiro atoms. The molecular formula is C16H19BrN2O. The van der Waals surface area contributed by atoms with E-state index in [1.807, 2.05) is 12.1 Å². The van der Waals surface area contributed by atoms with E-state index < -0.39 is 0 Å². The summed E-state index contributed by atoms with van der Waals surface area (Å²) in [5.74, 6) is 2.41. The minimum Gasteiger partial charge on any atom is -0.439 e. The highest BCUT2D eigenvalue weighted by atomic mass is 79.9. The van der Waals surface area contributed by atoms with E-state index in [1.54, 1.807) is 6.07 Å². The fourth-order valence-corrected chi connectivity index (χ4v) is 2.24. The van der Waals surface area contributed by atoms with Crippen molar-refractivity contribution in [2.75, 3.05) is 0 Å². The second kappa shape index (κ2) is 6.84. The Balaban J connectivity index is 2.16. The SMILES string of the molecule is CCCc1ccc(Oc2cc(Br)nc(C(C)C)n2)cc1. The maximum atomic E-state index is 5.80. The molecule has 0 atom stereocenters. The average molecular weight is 335 g/mol. The van der Waals surface area contributed by atoms with Gasteiger partial charge >= 0.3 is 0 Å². The highest BCUT2D eigenvalue weighted by Crippen LogP contribution is 2.24. The predicted octanol–water partition coefficient (Wildman–Crippen LogP) is 5.11. The topological polar surface area (TPSA) is 35.0 Å². The van der Waals surface area contributed by atoms with Crippen LogP contribution in [0.3, 0.4) is 0 Å². The van der Waals surface area contributed by atoms with Crippen molar-refractivity contribution in [3.63, 3.8) is 0 Å². The smallest absolute Gasteiger partial charge is 0.223 e. The first-order valence-corrected chi connectivity index (χ1v) is 7.69. The first-order chi connectivity index (χ1) is 9.58. The first kappa shape index (κ1) is 15.0. The summed E-state index contributed by atoms with van der Waals surface area (Å²) in [6.07, 6.45) is 2.24. The summed E-state index contributed by atoms with van der Waals surface area (Å²) in [7, 11) is 0. The van der Waals surface area contributed by atoms with E-state index in [2.05, 4.69) is 58.8 Å². The van der Waals surface area contributed by atoms with Crippen LogP contribution in [0.1, 0.15) is 44.5 Å². The fourth-order valence-electron chi connectivity index (χ4n) is 1.86. The number of aryl methyl sites for hydroxylation is 1. The monoisotopic (exact) mass is 334 g/mol. The molecule has 0 bridgehead atoms. The van der Waals surface area contributed by atoms with E-state index in [0.717, 1.165) is 29.0 Å². The molecule has 2 rings (SSSR count). The fraction of sp³-hybridized carbons (Fsp3) is 0.375. The van der Waals surface area contributed by atoms with Crippen molar-refractivity contribution in [1.82, 2.24) is 9.97 Å². The number of ether oxygens (including phenoxy) is 1. The molecule has 0 unspecified atom stereocenters. The Morgan fingerprint density at radius 3 is 2.45 bits per heavy atom. The molecule has 1 aromatic heterocycles. The molecule has 1 aromatic carbocycles. The van der Waals surface area contributed by atoms with Crippen molar-refractivity contribution in [2.24, 2.45) is 0 Å². The minimum atomic E-state index is 0.266. The lowest BCUT2D eigenvalue weighted by Crippen LogP contribution is -2.00. The zero-order chi connectivity index (χ0) is 14.5. The standard InChI is InChI=1S/C16H19BrN2O/c1-4-5-12-6-8-13(9-7-12)20-15-10-14(17)18-16(19-15)11(2)3/h6-11H,4-5H2,1-3H3. The lowest BCUT2D eigenvalue weighted by Gasteiger charge is -2.09. The summed E-state index contributed by atoms with van der Waals surface area (Å²) < 4.78 is 6.55. The molecule has 0 amide bonds. The van der Waals surface area contributed by atoms with Gasteiger partial charge in [0.05, 0.1) is 0 Å². The third-order valence-corrected chi connectivity index (χ3v) is 3.30. The largest absolute Gasteiger partial charge is 0.439 e. The van der Waals surface area contributed by atoms with Crippen LogP contribution in [0.5, 0.6) is 11.6 Å². The highest BCUT2D eigenvalue weighted by molar-refractivity contribution is 9.10. The van der Waals surface area contributed by atoms with Gasteiger partial charge in [-0.3, -0.25) is 0 Å². The number of benzene rings is 1. The van der Waals surface area contributed by atoms with Crippen LogP contribution in [0.15, 0.2) is 34.9 Å². The van der Waals surface area contributed by atoms with E-state index in [4.69, 9.17) is 4.74 Å². The molecule has 2 aromatic rings. The molecule has 0 aliphatic carbocycles. The van der Waals surface area contributed by atoms with Crippen molar-refractivity contribution in [1.29, 1.82) is 0 Å². The van der Waals surface area contributed by atoms with Gasteiger partial charge in [0.2, 0.25) is 5.88 Å². The zero-order valence-electron chi connectivity index (χ0n) is 12.1. The molecule has 0 saturated heterocycles. The van der Waals surface area contributed by atoms with Gasteiger partial charge < -0.3 is 4.74 Å². The number of hydrogen-bond acceptors (Lipinski definition) is 3. The van der Waals surface area contributed by atoms with Crippen LogP contribution < -0.4 is 4.74 Å². The number of halogens is 1. The minimum absolute atomic E-state index is 0.266. The molecular weight excluding hydrogens is 316 g/mol. The molecule has 0 fully saturated rings. The maximum Gasteiger partial charge on any atom is 0.223 e. The van der Waals surface area contributed by atoms with E-state index in [-0.39, 0.29) is 5.92 Å². The van der Waals surface area contributed by atoms with E-state index in [1.165, 1.54) is 5.56 Å². The molecule has 0 aliphatic rings. The maximum absolute atomic E-state index is 5.80. The van der Waals surface area contributed by atoms with Crippen molar-refractivity contribution in [3.05, 3.63) is 46.3 Å². The second-order valence-corrected chi connectivity index (χ2v) is 5.85. The van der Waals surface area contributed by atoms with Gasteiger partial charge in [-0.1, -0.05) is 39.3 Å². The van der Waals surface area contributed by atoms with Crippen LogP contribution in [0.25, 0.3) is 0 Å². The summed E-state index contributed by atoms with van der Waals surface area (Å²) in [6, 6.07) is 9.94. The average Bonchev–Trinajstić information content (AvgIpc) is 2.40. The first-order valence-electron chi connectivity index (χ1n) is 6.89. The van der Waals surface area contributed by atoms with E-state index in [0.29, 0.717) is 5.88 Å². The van der Waals surface area contributed by atoms with Crippen LogP contribution in [-0.4, -0.2) is 9.97 Å². The van der Waals surface area contributed by atoms with Crippen molar-refractivity contribution in [3.8, 4) is 11.6 Å². The molecule has 1 heterocycles. The molecule has 0 N–H and O–H groups in total. The Labute approximate surface area is 128 Å². The van der Waals surface area contributed by atoms with Crippen LogP contribution in [0.4, 0.5) is 0 Å². The molecule has 106 valence electrons. The third kappa shape index (κ3) is 4.04. The number of hydrogen-bond donors (Lipinski definition) is 0. The second-order valence-electron chi connectivity index (χ2n) is 5.04. The summed E-state index contributed by atoms with van der Waals surface area (Å²) >= 11 is 3.40. The predicted molar refractivity (Wildman–Crippen MR) is 84.3 cm³/mol. The lowest BCUT2D eigenvalue weighted by atomic mass is 10.1. The highest BCUT2D eigenvalue weighted by Gasteiger charge is 2.08. The summed E-state index contributed by atoms with van der Waals surface area (Å²) in [5, 5.41) is 0. The number of nitrogens with zero attached hydrogens (tertiary/aromatic N) is 2. The number of aromatic nitrogens is 2. The molecule has 4 heteroatoms. The quantitative estimate of drug-likeness (QED) is 0.713. The summed E-state index contributed by atoms with van der Waals surface area (Å²) in [4.78, 5) is 8.76. The van der Waals surface area contributed by atoms with Gasteiger partial charge in [-0.2, -0.15) is 4.98 Å². The van der Waals surface area contributed by atoms with Crippen LogP contribution in [-0.2, 0) is 6.42 Å². The zero-order valence-corrected chi connectivity index (χ0v) is 13.6. The van der Waals surface area contributed by atoms with Crippen LogP contribution in [0.2, 0.25) is 0 Å². The van der Waals surface area contributed by atoms with Gasteiger partial charge in [0.25, 0.3) is 0 Å². The van der Waals surface area contributed by atoms with Crippen molar-refractivity contribution >= 4 is 15.9 Å². The Kier molecular flexibility index (Phi) is 5.12. The van der Waals surface area contributed by atoms with Gasteiger partial charge in [-0.05, 0) is 40.0 Å². The van der Waals surface area contributed by atoms with Gasteiger partial charge in [-0.15, -0.1) is 0 Å². The van der Waals surface area contributed by atoms with Gasteiger partial charge in [-0.25, -0.2) is 4.98 Å². The molecule has 0 saturated carbocycles. The Bertz CT molecular complexity index is 567. The van der Waals surface area contributed by atoms with Crippen molar-refractivity contribution in [2.45, 2.75) is 39.5 Å². The van der Waals surface area contributed by atoms with E-state index in [9.17, 15) is 0 Å². The Hall–Kier alpha value is -1.42. The summed E-state index contributed by atoms with van der Waals surface area (Å²) in [5.41, 5.74) is 1.33. The normalized spacial score (nSPS) is 10.8. The van der Waals surface area contributed by atoms with Crippen LogP contribution in [0, 0.1) is 0 Å². The van der Waals surface area contributed by atoms with Gasteiger partial charge in [0.15, 0.2) is 0 Å². The third-order valence-electron chi connectivity index (χ3n) is 2.89. The Morgan fingerprint density at radius 1 is 1.15 bits per heavy atom. The van der Waals surface area contributed by atoms with Gasteiger partial charge in [0.1, 0.15) is 16.2 Å².